The molecule has 2 aromatic rings. The number of amidine groups is 1. The highest BCUT2D eigenvalue weighted by atomic mass is 32.2. The number of allylic oxidation sites excluding steroid dienone is 1. The van der Waals surface area contributed by atoms with Crippen LogP contribution < -0.4 is 5.32 Å². The summed E-state index contributed by atoms with van der Waals surface area (Å²) < 4.78 is 5.21. The molecule has 2 aliphatic rings. The third kappa shape index (κ3) is 5.05. The molecular weight excluding hydrogens is 458 g/mol. The predicted molar refractivity (Wildman–Crippen MR) is 141 cm³/mol. The molecule has 7 heteroatoms. The van der Waals surface area contributed by atoms with E-state index in [9.17, 15) is 9.59 Å². The molecule has 0 bridgehead atoms. The maximum atomic E-state index is 13.1. The summed E-state index contributed by atoms with van der Waals surface area (Å²) in [6.45, 7) is 8.05. The van der Waals surface area contributed by atoms with Gasteiger partial charge in [-0.1, -0.05) is 72.8 Å². The number of esters is 1. The van der Waals surface area contributed by atoms with Gasteiger partial charge in [0.15, 0.2) is 5.17 Å². The molecule has 0 radical (unpaired) electrons. The van der Waals surface area contributed by atoms with E-state index < -0.39 is 12.0 Å². The molecule has 1 amide bonds. The Bertz CT molecular complexity index is 1230. The molecule has 0 saturated heterocycles. The van der Waals surface area contributed by atoms with Gasteiger partial charge in [0.2, 0.25) is 5.91 Å². The minimum atomic E-state index is -0.412. The highest BCUT2D eigenvalue weighted by Gasteiger charge is 2.42. The molecular formula is C28H31N3O3S. The van der Waals surface area contributed by atoms with E-state index in [0.29, 0.717) is 12.0 Å². The summed E-state index contributed by atoms with van der Waals surface area (Å²) in [6, 6.07) is 15.6. The molecule has 4 rings (SSSR count). The number of methoxy groups -OCH3 is 1. The van der Waals surface area contributed by atoms with Crippen LogP contribution in [0.25, 0.3) is 0 Å². The smallest absolute Gasteiger partial charge is 0.338 e. The quantitative estimate of drug-likeness (QED) is 0.505. The number of hydrogen-bond donors (Lipinski definition) is 1. The first-order valence-corrected chi connectivity index (χ1v) is 12.7. The molecule has 0 fully saturated rings. The van der Waals surface area contributed by atoms with Gasteiger partial charge in [-0.05, 0) is 49.3 Å². The van der Waals surface area contributed by atoms with Gasteiger partial charge in [0.25, 0.3) is 0 Å². The zero-order chi connectivity index (χ0) is 25.1. The summed E-state index contributed by atoms with van der Waals surface area (Å²) in [5.74, 6) is -0.479. The molecule has 1 N–H and O–H groups in total. The Morgan fingerprint density at radius 3 is 2.60 bits per heavy atom. The van der Waals surface area contributed by atoms with Crippen LogP contribution >= 0.6 is 11.8 Å². The second-order valence-electron chi connectivity index (χ2n) is 8.84. The van der Waals surface area contributed by atoms with Crippen LogP contribution in [0.4, 0.5) is 0 Å². The van der Waals surface area contributed by atoms with Crippen molar-refractivity contribution >= 4 is 28.8 Å². The van der Waals surface area contributed by atoms with Gasteiger partial charge < -0.3 is 15.0 Å². The molecule has 0 aromatic heterocycles. The Hall–Kier alpha value is -3.32. The number of carbonyl (C=O) groups is 2. The summed E-state index contributed by atoms with van der Waals surface area (Å²) >= 11 is 1.49. The fourth-order valence-corrected chi connectivity index (χ4v) is 5.48. The van der Waals surface area contributed by atoms with Crippen molar-refractivity contribution in [2.24, 2.45) is 4.99 Å². The van der Waals surface area contributed by atoms with Crippen LogP contribution in [-0.2, 0) is 14.3 Å². The van der Waals surface area contributed by atoms with Gasteiger partial charge in [0.05, 0.1) is 36.9 Å². The van der Waals surface area contributed by atoms with Gasteiger partial charge in [0.1, 0.15) is 0 Å². The lowest BCUT2D eigenvalue weighted by atomic mass is 9.89. The number of benzene rings is 2. The number of aliphatic imine (C=N–C) groups is 1. The number of amides is 1. The lowest BCUT2D eigenvalue weighted by molar-refractivity contribution is -0.136. The second kappa shape index (κ2) is 10.5. The Morgan fingerprint density at radius 1 is 1.17 bits per heavy atom. The Balaban J connectivity index is 1.68. The molecule has 182 valence electrons. The molecule has 2 atom stereocenters. The zero-order valence-electron chi connectivity index (χ0n) is 20.8. The predicted octanol–water partition coefficient (Wildman–Crippen LogP) is 5.71. The lowest BCUT2D eigenvalue weighted by Crippen LogP contribution is -2.38. The maximum absolute atomic E-state index is 13.1. The average molecular weight is 490 g/mol. The number of aryl methyl sites for hydroxylation is 2. The largest absolute Gasteiger partial charge is 0.466 e. The van der Waals surface area contributed by atoms with Crippen LogP contribution in [0.3, 0.4) is 0 Å². The number of nitrogens with zero attached hydrogens (tertiary/aromatic N) is 2. The van der Waals surface area contributed by atoms with E-state index in [1.165, 1.54) is 18.9 Å². The molecule has 35 heavy (non-hydrogen) atoms. The maximum Gasteiger partial charge on any atom is 0.338 e. The lowest BCUT2D eigenvalue weighted by Gasteiger charge is -2.37. The van der Waals surface area contributed by atoms with Crippen molar-refractivity contribution in [1.82, 2.24) is 10.2 Å². The van der Waals surface area contributed by atoms with Gasteiger partial charge >= 0.3 is 5.97 Å². The van der Waals surface area contributed by atoms with Crippen LogP contribution in [0.1, 0.15) is 61.0 Å². The minimum Gasteiger partial charge on any atom is -0.466 e. The van der Waals surface area contributed by atoms with Gasteiger partial charge in [-0.15, -0.1) is 0 Å². The van der Waals surface area contributed by atoms with Crippen LogP contribution in [0.5, 0.6) is 0 Å². The fourth-order valence-electron chi connectivity index (χ4n) is 4.54. The number of fused-ring (bicyclic) bond motifs is 1. The molecule has 2 aromatic carbocycles. The highest BCUT2D eigenvalue weighted by molar-refractivity contribution is 8.16. The summed E-state index contributed by atoms with van der Waals surface area (Å²) in [6.07, 6.45) is 0.786. The zero-order valence-corrected chi connectivity index (χ0v) is 21.6. The first kappa shape index (κ1) is 24.8. The molecule has 2 aliphatic heterocycles. The third-order valence-electron chi connectivity index (χ3n) is 6.38. The number of rotatable bonds is 7. The van der Waals surface area contributed by atoms with Crippen molar-refractivity contribution in [2.45, 2.75) is 52.6 Å². The van der Waals surface area contributed by atoms with E-state index in [0.717, 1.165) is 38.8 Å². The first-order valence-electron chi connectivity index (χ1n) is 11.8. The van der Waals surface area contributed by atoms with Crippen LogP contribution in [-0.4, -0.2) is 29.1 Å². The average Bonchev–Trinajstić information content (AvgIpc) is 3.26. The SMILES string of the molecule is CCC1=C(C(=O)OC)C(c2cc(C)ccc2C)N2C(CC(=O)NC(C)c3ccccc3)=CSC2=N1. The van der Waals surface area contributed by atoms with Crippen molar-refractivity contribution in [3.63, 3.8) is 0 Å². The number of carbonyl (C=O) groups excluding carboxylic acids is 2. The molecule has 2 unspecified atom stereocenters. The monoisotopic (exact) mass is 489 g/mol. The van der Waals surface area contributed by atoms with Crippen LogP contribution in [0.2, 0.25) is 0 Å². The van der Waals surface area contributed by atoms with Crippen molar-refractivity contribution in [1.29, 1.82) is 0 Å². The topological polar surface area (TPSA) is 71.0 Å². The van der Waals surface area contributed by atoms with E-state index in [2.05, 4.69) is 23.5 Å². The molecule has 0 aliphatic carbocycles. The number of nitrogens with one attached hydrogen (secondary N) is 1. The third-order valence-corrected chi connectivity index (χ3v) is 7.27. The van der Waals surface area contributed by atoms with Gasteiger partial charge in [-0.2, -0.15) is 0 Å². The number of hydrogen-bond acceptors (Lipinski definition) is 6. The molecule has 0 spiro atoms. The van der Waals surface area contributed by atoms with Crippen molar-refractivity contribution in [2.75, 3.05) is 7.11 Å². The number of ether oxygens (including phenoxy) is 1. The van der Waals surface area contributed by atoms with Crippen molar-refractivity contribution in [3.8, 4) is 0 Å². The summed E-state index contributed by atoms with van der Waals surface area (Å²) in [5.41, 5.74) is 6.29. The Morgan fingerprint density at radius 2 is 1.91 bits per heavy atom. The normalized spacial score (nSPS) is 18.0. The first-order chi connectivity index (χ1) is 16.8. The van der Waals surface area contributed by atoms with Crippen molar-refractivity contribution < 1.29 is 14.3 Å². The Kier molecular flexibility index (Phi) is 7.45. The van der Waals surface area contributed by atoms with Gasteiger partial charge in [0, 0.05) is 5.70 Å². The summed E-state index contributed by atoms with van der Waals surface area (Å²) in [4.78, 5) is 33.0. The standard InChI is InChI=1S/C28H31N3O3S/c1-6-23-25(27(33)34-5)26(22-14-17(2)12-13-18(22)3)31-21(16-35-28(31)30-23)15-24(32)29-19(4)20-10-8-7-9-11-20/h7-14,16,19,26H,6,15H2,1-5H3,(H,29,32). The van der Waals surface area contributed by atoms with E-state index in [1.807, 2.05) is 68.3 Å². The van der Waals surface area contributed by atoms with E-state index in [-0.39, 0.29) is 18.4 Å². The van der Waals surface area contributed by atoms with Crippen molar-refractivity contribution in [3.05, 3.63) is 93.2 Å². The van der Waals surface area contributed by atoms with E-state index >= 15 is 0 Å². The van der Waals surface area contributed by atoms with E-state index in [1.54, 1.807) is 0 Å². The molecule has 0 saturated carbocycles. The van der Waals surface area contributed by atoms with Gasteiger partial charge in [-0.3, -0.25) is 4.79 Å². The Labute approximate surface area is 211 Å². The fraction of sp³-hybridized carbons (Fsp3) is 0.321. The van der Waals surface area contributed by atoms with Crippen LogP contribution in [0, 0.1) is 13.8 Å². The second-order valence-corrected chi connectivity index (χ2v) is 9.67. The molecule has 2 heterocycles. The minimum absolute atomic E-state index is 0.0842. The molecule has 6 nitrogen and oxygen atoms in total. The summed E-state index contributed by atoms with van der Waals surface area (Å²) in [5, 5.41) is 5.85. The number of thioether (sulfide) groups is 1. The van der Waals surface area contributed by atoms with Crippen LogP contribution in [0.15, 0.2) is 75.9 Å². The van der Waals surface area contributed by atoms with E-state index in [4.69, 9.17) is 9.73 Å². The van der Waals surface area contributed by atoms with Gasteiger partial charge in [-0.25, -0.2) is 9.79 Å². The highest BCUT2D eigenvalue weighted by Crippen LogP contribution is 2.46. The summed E-state index contributed by atoms with van der Waals surface area (Å²) in [7, 11) is 1.40.